The van der Waals surface area contributed by atoms with Crippen molar-refractivity contribution >= 4 is 40.5 Å². The lowest BCUT2D eigenvalue weighted by atomic mass is 9.95. The summed E-state index contributed by atoms with van der Waals surface area (Å²) >= 11 is 1.33. The van der Waals surface area contributed by atoms with E-state index in [0.717, 1.165) is 37.0 Å². The number of hydrogen-bond donors (Lipinski definition) is 1. The van der Waals surface area contributed by atoms with Gasteiger partial charge in [-0.25, -0.2) is 4.99 Å². The van der Waals surface area contributed by atoms with Crippen molar-refractivity contribution in [2.75, 3.05) is 25.2 Å². The van der Waals surface area contributed by atoms with Gasteiger partial charge in [-0.2, -0.15) is 0 Å². The Bertz CT molecular complexity index is 1240. The smallest absolute Gasteiger partial charge is 0.283 e. The van der Waals surface area contributed by atoms with Crippen LogP contribution < -0.4 is 24.4 Å². The number of carbonyl (C=O) groups is 2. The molecule has 4 rings (SSSR count). The second-order valence-electron chi connectivity index (χ2n) is 9.69. The number of nitrogens with one attached hydrogen (secondary N) is 1. The molecule has 1 aliphatic heterocycles. The Labute approximate surface area is 241 Å². The molecule has 1 heterocycles. The quantitative estimate of drug-likeness (QED) is 0.327. The van der Waals surface area contributed by atoms with Crippen LogP contribution in [0.1, 0.15) is 64.9 Å². The van der Waals surface area contributed by atoms with Gasteiger partial charge < -0.3 is 19.5 Å². The van der Waals surface area contributed by atoms with Gasteiger partial charge in [0.2, 0.25) is 5.91 Å². The minimum atomic E-state index is -0.372. The Kier molecular flexibility index (Phi) is 10.5. The molecule has 40 heavy (non-hydrogen) atoms. The van der Waals surface area contributed by atoms with Crippen LogP contribution in [0.4, 0.5) is 5.69 Å². The molecular formula is C31H39N3O5S. The number of benzene rings is 2. The number of amides is 2. The van der Waals surface area contributed by atoms with E-state index in [1.807, 2.05) is 63.2 Å². The third kappa shape index (κ3) is 7.18. The first kappa shape index (κ1) is 29.5. The van der Waals surface area contributed by atoms with E-state index in [9.17, 15) is 9.59 Å². The normalized spacial score (nSPS) is 17.5. The first-order chi connectivity index (χ1) is 19.5. The van der Waals surface area contributed by atoms with Crippen LogP contribution in [0.15, 0.2) is 53.2 Å². The van der Waals surface area contributed by atoms with E-state index < -0.39 is 0 Å². The molecule has 1 unspecified atom stereocenters. The first-order valence-corrected chi connectivity index (χ1v) is 15.0. The summed E-state index contributed by atoms with van der Waals surface area (Å²) in [4.78, 5) is 33.3. The molecule has 2 aromatic rings. The van der Waals surface area contributed by atoms with Gasteiger partial charge in [-0.15, -0.1) is 0 Å². The molecule has 0 bridgehead atoms. The zero-order valence-electron chi connectivity index (χ0n) is 23.8. The van der Waals surface area contributed by atoms with Crippen LogP contribution >= 0.6 is 11.8 Å². The standard InChI is InChI=1S/C31H39N3O5S/c1-5-28(29(35)32-22-11-9-8-10-12-22)40-31-33-25(19-21-13-18-26(39-7-3)27(20-21)37-4)30(36)34(31)23-14-16-24(17-15-23)38-6-2/h13-20,22,28H,5-12H2,1-4H3,(H,32,35). The Balaban J connectivity index is 1.64. The lowest BCUT2D eigenvalue weighted by Gasteiger charge is -2.26. The average molecular weight is 566 g/mol. The average Bonchev–Trinajstić information content (AvgIpc) is 3.27. The second-order valence-corrected chi connectivity index (χ2v) is 10.9. The van der Waals surface area contributed by atoms with E-state index in [2.05, 4.69) is 5.32 Å². The van der Waals surface area contributed by atoms with Gasteiger partial charge >= 0.3 is 0 Å². The molecule has 2 aromatic carbocycles. The molecular weight excluding hydrogens is 526 g/mol. The van der Waals surface area contributed by atoms with Gasteiger partial charge in [0.05, 0.1) is 31.3 Å². The molecule has 0 aromatic heterocycles. The van der Waals surface area contributed by atoms with Crippen LogP contribution in [0.25, 0.3) is 6.08 Å². The van der Waals surface area contributed by atoms with E-state index in [4.69, 9.17) is 19.2 Å². The predicted molar refractivity (Wildman–Crippen MR) is 161 cm³/mol. The minimum absolute atomic E-state index is 0.00475. The number of carbonyl (C=O) groups excluding carboxylic acids is 2. The maximum absolute atomic E-state index is 13.8. The number of hydrogen-bond acceptors (Lipinski definition) is 7. The number of ether oxygens (including phenoxy) is 3. The number of anilines is 1. The zero-order chi connectivity index (χ0) is 28.5. The summed E-state index contributed by atoms with van der Waals surface area (Å²) in [6.07, 6.45) is 7.90. The Morgan fingerprint density at radius 3 is 2.42 bits per heavy atom. The largest absolute Gasteiger partial charge is 0.494 e. The minimum Gasteiger partial charge on any atom is -0.494 e. The summed E-state index contributed by atoms with van der Waals surface area (Å²) in [5, 5.41) is 3.34. The molecule has 0 saturated heterocycles. The van der Waals surface area contributed by atoms with Gasteiger partial charge in [-0.05, 0) is 81.1 Å². The van der Waals surface area contributed by atoms with Crippen LogP contribution in [0.2, 0.25) is 0 Å². The van der Waals surface area contributed by atoms with Crippen LogP contribution in [-0.2, 0) is 9.59 Å². The Hall–Kier alpha value is -3.46. The van der Waals surface area contributed by atoms with Crippen molar-refractivity contribution in [2.24, 2.45) is 4.99 Å². The van der Waals surface area contributed by atoms with Crippen molar-refractivity contribution < 1.29 is 23.8 Å². The van der Waals surface area contributed by atoms with Gasteiger partial charge in [0.15, 0.2) is 16.7 Å². The topological polar surface area (TPSA) is 89.5 Å². The second kappa shape index (κ2) is 14.3. The number of thioether (sulfide) groups is 1. The molecule has 1 atom stereocenters. The van der Waals surface area contributed by atoms with E-state index >= 15 is 0 Å². The molecule has 8 nitrogen and oxygen atoms in total. The summed E-state index contributed by atoms with van der Waals surface area (Å²) in [5.74, 6) is 1.67. The molecule has 1 fully saturated rings. The fraction of sp³-hybridized carbons (Fsp3) is 0.452. The summed E-state index contributed by atoms with van der Waals surface area (Å²) in [6.45, 7) is 6.89. The number of methoxy groups -OCH3 is 1. The summed E-state index contributed by atoms with van der Waals surface area (Å²) in [5.41, 5.74) is 1.70. The number of aliphatic imine (C=N–C) groups is 1. The highest BCUT2D eigenvalue weighted by Crippen LogP contribution is 2.34. The fourth-order valence-corrected chi connectivity index (χ4v) is 5.90. The van der Waals surface area contributed by atoms with Crippen molar-refractivity contribution in [3.63, 3.8) is 0 Å². The fourth-order valence-electron chi connectivity index (χ4n) is 4.86. The molecule has 1 N–H and O–H groups in total. The highest BCUT2D eigenvalue weighted by molar-refractivity contribution is 8.15. The number of amidine groups is 1. The van der Waals surface area contributed by atoms with Crippen molar-refractivity contribution in [3.8, 4) is 17.2 Å². The number of nitrogens with zero attached hydrogens (tertiary/aromatic N) is 2. The monoisotopic (exact) mass is 565 g/mol. The van der Waals surface area contributed by atoms with Crippen molar-refractivity contribution in [3.05, 3.63) is 53.7 Å². The lowest BCUT2D eigenvalue weighted by Crippen LogP contribution is -2.42. The van der Waals surface area contributed by atoms with Gasteiger partial charge in [-0.1, -0.05) is 44.0 Å². The predicted octanol–water partition coefficient (Wildman–Crippen LogP) is 6.20. The van der Waals surface area contributed by atoms with Gasteiger partial charge in [0, 0.05) is 6.04 Å². The van der Waals surface area contributed by atoms with E-state index in [0.29, 0.717) is 42.0 Å². The molecule has 9 heteroatoms. The third-order valence-electron chi connectivity index (χ3n) is 6.89. The molecule has 1 saturated carbocycles. The highest BCUT2D eigenvalue weighted by atomic mass is 32.2. The molecule has 2 amide bonds. The molecule has 214 valence electrons. The van der Waals surface area contributed by atoms with Crippen LogP contribution in [0.3, 0.4) is 0 Å². The maximum Gasteiger partial charge on any atom is 0.283 e. The Morgan fingerprint density at radius 2 is 1.77 bits per heavy atom. The van der Waals surface area contributed by atoms with E-state index in [-0.39, 0.29) is 28.8 Å². The number of rotatable bonds is 11. The molecule has 0 radical (unpaired) electrons. The van der Waals surface area contributed by atoms with Crippen molar-refractivity contribution in [1.82, 2.24) is 5.32 Å². The van der Waals surface area contributed by atoms with Gasteiger partial charge in [0.1, 0.15) is 11.4 Å². The summed E-state index contributed by atoms with van der Waals surface area (Å²) in [7, 11) is 1.58. The highest BCUT2D eigenvalue weighted by Gasteiger charge is 2.35. The third-order valence-corrected chi connectivity index (χ3v) is 8.21. The molecule has 2 aliphatic rings. The van der Waals surface area contributed by atoms with Crippen LogP contribution in [-0.4, -0.2) is 48.6 Å². The van der Waals surface area contributed by atoms with Gasteiger partial charge in [-0.3, -0.25) is 14.5 Å². The molecule has 0 spiro atoms. The van der Waals surface area contributed by atoms with Crippen LogP contribution in [0.5, 0.6) is 17.2 Å². The lowest BCUT2D eigenvalue weighted by molar-refractivity contribution is -0.121. The summed E-state index contributed by atoms with van der Waals surface area (Å²) in [6, 6.07) is 13.1. The molecule has 1 aliphatic carbocycles. The SMILES string of the molecule is CCOc1ccc(N2C(=O)C(=Cc3ccc(OCC)c(OC)c3)N=C2SC(CC)C(=O)NC2CCCCC2)cc1. The Morgan fingerprint density at radius 1 is 1.05 bits per heavy atom. The summed E-state index contributed by atoms with van der Waals surface area (Å²) < 4.78 is 16.7. The van der Waals surface area contributed by atoms with E-state index in [1.165, 1.54) is 18.2 Å². The zero-order valence-corrected chi connectivity index (χ0v) is 24.6. The van der Waals surface area contributed by atoms with Crippen molar-refractivity contribution in [1.29, 1.82) is 0 Å². The van der Waals surface area contributed by atoms with E-state index in [1.54, 1.807) is 18.1 Å². The van der Waals surface area contributed by atoms with Crippen molar-refractivity contribution in [2.45, 2.75) is 70.6 Å². The van der Waals surface area contributed by atoms with Crippen LogP contribution in [0, 0.1) is 0 Å². The first-order valence-electron chi connectivity index (χ1n) is 14.1. The maximum atomic E-state index is 13.8. The van der Waals surface area contributed by atoms with Gasteiger partial charge in [0.25, 0.3) is 5.91 Å².